The van der Waals surface area contributed by atoms with Crippen molar-refractivity contribution in [2.24, 2.45) is 5.73 Å². The van der Waals surface area contributed by atoms with Gasteiger partial charge in [-0.2, -0.15) is 9.61 Å². The molecule has 0 aliphatic carbocycles. The number of anilines is 1. The maximum Gasteiger partial charge on any atom is 0.239 e. The zero-order chi connectivity index (χ0) is 15.6. The van der Waals surface area contributed by atoms with E-state index in [1.807, 2.05) is 26.8 Å². The maximum atomic E-state index is 11.6. The lowest BCUT2D eigenvalue weighted by Gasteiger charge is -2.17. The van der Waals surface area contributed by atoms with Crippen LogP contribution in [0.5, 0.6) is 0 Å². The Labute approximate surface area is 124 Å². The molecule has 114 valence electrons. The van der Waals surface area contributed by atoms with E-state index >= 15 is 0 Å². The number of carbonyl (C=O) groups excluding carboxylic acids is 1. The van der Waals surface area contributed by atoms with Crippen molar-refractivity contribution >= 4 is 17.4 Å². The largest absolute Gasteiger partial charge is 0.368 e. The molecule has 2 rings (SSSR count). The fourth-order valence-corrected chi connectivity index (χ4v) is 2.33. The van der Waals surface area contributed by atoms with Crippen LogP contribution >= 0.6 is 0 Å². The topological polar surface area (TPSA) is 85.3 Å². The highest BCUT2D eigenvalue weighted by Crippen LogP contribution is 2.19. The number of hydrogen-bond donors (Lipinski definition) is 2. The minimum Gasteiger partial charge on any atom is -0.368 e. The molecule has 2 heterocycles. The van der Waals surface area contributed by atoms with Gasteiger partial charge in [-0.15, -0.1) is 0 Å². The van der Waals surface area contributed by atoms with Gasteiger partial charge < -0.3 is 11.1 Å². The van der Waals surface area contributed by atoms with Crippen molar-refractivity contribution in [2.75, 3.05) is 5.32 Å². The van der Waals surface area contributed by atoms with E-state index in [1.54, 1.807) is 4.52 Å². The van der Waals surface area contributed by atoms with Crippen LogP contribution in [0, 0.1) is 20.8 Å². The molecular formula is C15H23N5O. The molecule has 0 aliphatic heterocycles. The third-order valence-electron chi connectivity index (χ3n) is 3.70. The van der Waals surface area contributed by atoms with Crippen LogP contribution in [0.25, 0.3) is 5.65 Å². The predicted octanol–water partition coefficient (Wildman–Crippen LogP) is 2.11. The van der Waals surface area contributed by atoms with Crippen molar-refractivity contribution in [3.63, 3.8) is 0 Å². The molecule has 6 nitrogen and oxygen atoms in total. The first-order valence-corrected chi connectivity index (χ1v) is 7.33. The van der Waals surface area contributed by atoms with E-state index < -0.39 is 0 Å². The summed E-state index contributed by atoms with van der Waals surface area (Å²) in [6.45, 7) is 7.97. The average molecular weight is 289 g/mol. The molecule has 0 bridgehead atoms. The molecule has 0 spiro atoms. The first-order valence-electron chi connectivity index (χ1n) is 7.33. The predicted molar refractivity (Wildman–Crippen MR) is 83.3 cm³/mol. The highest BCUT2D eigenvalue weighted by molar-refractivity contribution is 5.82. The fraction of sp³-hybridized carbons (Fsp3) is 0.533. The van der Waals surface area contributed by atoms with E-state index in [1.165, 1.54) is 0 Å². The number of primary amides is 1. The molecule has 0 saturated heterocycles. The summed E-state index contributed by atoms with van der Waals surface area (Å²) in [5.74, 6) is 0.417. The summed E-state index contributed by atoms with van der Waals surface area (Å²) in [5, 5.41) is 7.71. The number of unbranched alkanes of at least 4 members (excludes halogenated alkanes) is 1. The molecule has 2 aromatic heterocycles. The second-order valence-corrected chi connectivity index (χ2v) is 5.47. The number of nitrogens with zero attached hydrogens (tertiary/aromatic N) is 3. The van der Waals surface area contributed by atoms with Gasteiger partial charge in [0.2, 0.25) is 5.91 Å². The number of aryl methyl sites for hydroxylation is 3. The lowest BCUT2D eigenvalue weighted by Crippen LogP contribution is -2.36. The normalized spacial score (nSPS) is 12.6. The number of hydrogen-bond acceptors (Lipinski definition) is 4. The monoisotopic (exact) mass is 289 g/mol. The minimum absolute atomic E-state index is 0.341. The Balaban J connectivity index is 2.40. The van der Waals surface area contributed by atoms with Gasteiger partial charge in [0.05, 0.1) is 5.69 Å². The Morgan fingerprint density at radius 1 is 1.43 bits per heavy atom. The van der Waals surface area contributed by atoms with E-state index in [-0.39, 0.29) is 11.9 Å². The van der Waals surface area contributed by atoms with Crippen LogP contribution in [-0.4, -0.2) is 26.5 Å². The van der Waals surface area contributed by atoms with E-state index in [0.29, 0.717) is 6.42 Å². The Morgan fingerprint density at radius 2 is 2.14 bits per heavy atom. The van der Waals surface area contributed by atoms with Gasteiger partial charge in [0.1, 0.15) is 11.9 Å². The molecule has 6 heteroatoms. The summed E-state index contributed by atoms with van der Waals surface area (Å²) < 4.78 is 1.75. The van der Waals surface area contributed by atoms with E-state index in [4.69, 9.17) is 5.73 Å². The van der Waals surface area contributed by atoms with Crippen LogP contribution in [0.2, 0.25) is 0 Å². The first kappa shape index (κ1) is 15.3. The zero-order valence-corrected chi connectivity index (χ0v) is 13.1. The smallest absolute Gasteiger partial charge is 0.239 e. The lowest BCUT2D eigenvalue weighted by molar-refractivity contribution is -0.118. The third kappa shape index (κ3) is 3.15. The molecular weight excluding hydrogens is 266 g/mol. The molecule has 2 aromatic rings. The third-order valence-corrected chi connectivity index (χ3v) is 3.70. The van der Waals surface area contributed by atoms with Crippen LogP contribution in [-0.2, 0) is 4.79 Å². The van der Waals surface area contributed by atoms with Crippen LogP contribution in [0.1, 0.15) is 43.1 Å². The van der Waals surface area contributed by atoms with E-state index in [2.05, 4.69) is 22.3 Å². The van der Waals surface area contributed by atoms with Crippen LogP contribution in [0.3, 0.4) is 0 Å². The second kappa shape index (κ2) is 6.11. The van der Waals surface area contributed by atoms with Crippen molar-refractivity contribution in [1.82, 2.24) is 14.6 Å². The van der Waals surface area contributed by atoms with Gasteiger partial charge in [0.15, 0.2) is 5.65 Å². The molecule has 0 saturated carbocycles. The first-order chi connectivity index (χ1) is 9.93. The summed E-state index contributed by atoms with van der Waals surface area (Å²) in [7, 11) is 0. The zero-order valence-electron chi connectivity index (χ0n) is 13.1. The Morgan fingerprint density at radius 3 is 2.76 bits per heavy atom. The van der Waals surface area contributed by atoms with Gasteiger partial charge in [-0.1, -0.05) is 19.8 Å². The quantitative estimate of drug-likeness (QED) is 0.853. The van der Waals surface area contributed by atoms with Gasteiger partial charge >= 0.3 is 0 Å². The van der Waals surface area contributed by atoms with Crippen LogP contribution in [0.4, 0.5) is 5.82 Å². The number of aromatic nitrogens is 3. The Bertz CT molecular complexity index is 662. The molecule has 0 fully saturated rings. The van der Waals surface area contributed by atoms with Crippen LogP contribution < -0.4 is 11.1 Å². The summed E-state index contributed by atoms with van der Waals surface area (Å²) in [5.41, 5.74) is 9.17. The fourth-order valence-electron chi connectivity index (χ4n) is 2.33. The summed E-state index contributed by atoms with van der Waals surface area (Å²) >= 11 is 0. The number of nitrogens with one attached hydrogen (secondary N) is 1. The Hall–Kier alpha value is -2.11. The van der Waals surface area contributed by atoms with Crippen molar-refractivity contribution in [3.8, 4) is 0 Å². The molecule has 1 amide bonds. The second-order valence-electron chi connectivity index (χ2n) is 5.47. The minimum atomic E-state index is -0.389. The van der Waals surface area contributed by atoms with Crippen molar-refractivity contribution in [1.29, 1.82) is 0 Å². The summed E-state index contributed by atoms with van der Waals surface area (Å²) in [6.07, 6.45) is 2.69. The molecule has 1 atom stereocenters. The van der Waals surface area contributed by atoms with Crippen LogP contribution in [0.15, 0.2) is 6.07 Å². The molecule has 0 aliphatic rings. The van der Waals surface area contributed by atoms with Gasteiger partial charge in [-0.3, -0.25) is 4.79 Å². The SMILES string of the molecule is CCCC[C@H](Nc1cc(C)nc2c(C)c(C)nn12)C(N)=O. The van der Waals surface area contributed by atoms with Gasteiger partial charge in [-0.25, -0.2) is 4.98 Å². The lowest BCUT2D eigenvalue weighted by atomic mass is 10.1. The number of rotatable bonds is 6. The van der Waals surface area contributed by atoms with Gasteiger partial charge in [-0.05, 0) is 27.2 Å². The van der Waals surface area contributed by atoms with E-state index in [9.17, 15) is 4.79 Å². The van der Waals surface area contributed by atoms with Crippen molar-refractivity contribution in [2.45, 2.75) is 53.0 Å². The average Bonchev–Trinajstić information content (AvgIpc) is 2.71. The molecule has 21 heavy (non-hydrogen) atoms. The van der Waals surface area contributed by atoms with Crippen molar-refractivity contribution < 1.29 is 4.79 Å². The number of nitrogens with two attached hydrogens (primary N) is 1. The molecule has 0 unspecified atom stereocenters. The standard InChI is InChI=1S/C15H23N5O/c1-5-6-7-12(14(16)21)18-13-8-9(2)17-15-10(3)11(4)19-20(13)15/h8,12,18H,5-7H2,1-4H3,(H2,16,21)/t12-/m0/s1. The molecule has 0 aromatic carbocycles. The van der Waals surface area contributed by atoms with Gasteiger partial charge in [0.25, 0.3) is 0 Å². The highest BCUT2D eigenvalue weighted by atomic mass is 16.1. The van der Waals surface area contributed by atoms with Crippen molar-refractivity contribution in [3.05, 3.63) is 23.0 Å². The number of fused-ring (bicyclic) bond motifs is 1. The summed E-state index contributed by atoms with van der Waals surface area (Å²) in [6, 6.07) is 1.50. The maximum absolute atomic E-state index is 11.6. The number of carbonyl (C=O) groups is 1. The molecule has 0 radical (unpaired) electrons. The highest BCUT2D eigenvalue weighted by Gasteiger charge is 2.18. The Kier molecular flexibility index (Phi) is 4.45. The number of amides is 1. The van der Waals surface area contributed by atoms with Gasteiger partial charge in [0, 0.05) is 17.3 Å². The molecule has 3 N–H and O–H groups in total. The summed E-state index contributed by atoms with van der Waals surface area (Å²) in [4.78, 5) is 16.1. The van der Waals surface area contributed by atoms with E-state index in [0.717, 1.165) is 41.3 Å².